The van der Waals surface area contributed by atoms with E-state index in [1.807, 2.05) is 24.3 Å². The Hall–Kier alpha value is -2.05. The summed E-state index contributed by atoms with van der Waals surface area (Å²) >= 11 is 6.69. The quantitative estimate of drug-likeness (QED) is 0.788. The Labute approximate surface area is 117 Å². The molecule has 2 heterocycles. The monoisotopic (exact) mass is 290 g/mol. The minimum Gasteiger partial charge on any atom is -0.318 e. The predicted molar refractivity (Wildman–Crippen MR) is 74.6 cm³/mol. The van der Waals surface area contributed by atoms with Crippen molar-refractivity contribution in [2.75, 3.05) is 5.32 Å². The first-order valence-electron chi connectivity index (χ1n) is 5.38. The van der Waals surface area contributed by atoms with E-state index in [-0.39, 0.29) is 15.4 Å². The van der Waals surface area contributed by atoms with Gasteiger partial charge >= 0.3 is 0 Å². The van der Waals surface area contributed by atoms with E-state index < -0.39 is 0 Å². The number of nitrogens with one attached hydrogen (secondary N) is 1. The van der Waals surface area contributed by atoms with Crippen molar-refractivity contribution in [2.24, 2.45) is 0 Å². The number of aromatic nitrogens is 3. The van der Waals surface area contributed by atoms with Crippen molar-refractivity contribution in [3.8, 4) is 0 Å². The average molecular weight is 291 g/mol. The number of hydrogen-bond donors (Lipinski definition) is 1. The molecule has 3 aromatic rings. The lowest BCUT2D eigenvalue weighted by Gasteiger charge is -2.05. The van der Waals surface area contributed by atoms with Gasteiger partial charge in [0.25, 0.3) is 5.91 Å². The summed E-state index contributed by atoms with van der Waals surface area (Å²) in [6.07, 6.45) is 1.68. The lowest BCUT2D eigenvalue weighted by atomic mass is 10.2. The van der Waals surface area contributed by atoms with Crippen LogP contribution in [0.3, 0.4) is 0 Å². The van der Waals surface area contributed by atoms with Crippen molar-refractivity contribution in [1.29, 1.82) is 0 Å². The minimum absolute atomic E-state index is 0.220. The van der Waals surface area contributed by atoms with Crippen molar-refractivity contribution in [2.45, 2.75) is 0 Å². The minimum atomic E-state index is -0.345. The SMILES string of the molecule is O=C(Nc1cccc2cccnc12)c1nnc(Cl)s1. The zero-order chi connectivity index (χ0) is 13.2. The molecule has 5 nitrogen and oxygen atoms in total. The van der Waals surface area contributed by atoms with E-state index in [9.17, 15) is 4.79 Å². The first-order chi connectivity index (χ1) is 9.24. The Morgan fingerprint density at radius 3 is 2.84 bits per heavy atom. The molecule has 0 aliphatic carbocycles. The predicted octanol–water partition coefficient (Wildman–Crippen LogP) is 2.99. The molecule has 2 aromatic heterocycles. The Morgan fingerprint density at radius 2 is 2.05 bits per heavy atom. The molecule has 7 heteroatoms. The maximum absolute atomic E-state index is 12.0. The molecule has 0 fully saturated rings. The van der Waals surface area contributed by atoms with Gasteiger partial charge in [0.15, 0.2) is 0 Å². The average Bonchev–Trinajstić information content (AvgIpc) is 2.86. The molecule has 0 unspecified atom stereocenters. The summed E-state index contributed by atoms with van der Waals surface area (Å²) in [6, 6.07) is 9.35. The second kappa shape index (κ2) is 4.91. The van der Waals surface area contributed by atoms with Crippen LogP contribution in [0.25, 0.3) is 10.9 Å². The van der Waals surface area contributed by atoms with Crippen LogP contribution >= 0.6 is 22.9 Å². The van der Waals surface area contributed by atoms with Gasteiger partial charge in [-0.05, 0) is 23.7 Å². The number of hydrogen-bond acceptors (Lipinski definition) is 5. The van der Waals surface area contributed by atoms with Crippen molar-refractivity contribution in [3.63, 3.8) is 0 Å². The largest absolute Gasteiger partial charge is 0.318 e. The molecule has 0 aliphatic heterocycles. The van der Waals surface area contributed by atoms with Gasteiger partial charge in [-0.2, -0.15) is 0 Å². The smallest absolute Gasteiger partial charge is 0.286 e. The topological polar surface area (TPSA) is 67.8 Å². The van der Waals surface area contributed by atoms with E-state index in [0.29, 0.717) is 5.69 Å². The molecule has 94 valence electrons. The summed E-state index contributed by atoms with van der Waals surface area (Å²) in [4.78, 5) is 16.2. The summed E-state index contributed by atoms with van der Waals surface area (Å²) in [7, 11) is 0. The highest BCUT2D eigenvalue weighted by molar-refractivity contribution is 7.17. The van der Waals surface area contributed by atoms with Crippen molar-refractivity contribution in [3.05, 3.63) is 46.0 Å². The van der Waals surface area contributed by atoms with Crippen molar-refractivity contribution < 1.29 is 4.79 Å². The van der Waals surface area contributed by atoms with E-state index in [0.717, 1.165) is 22.2 Å². The third-order valence-electron chi connectivity index (χ3n) is 2.48. The molecule has 0 radical (unpaired) electrons. The second-order valence-corrected chi connectivity index (χ2v) is 5.25. The third kappa shape index (κ3) is 2.40. The van der Waals surface area contributed by atoms with Gasteiger partial charge in [-0.15, -0.1) is 10.2 Å². The number of pyridine rings is 1. The van der Waals surface area contributed by atoms with E-state index in [1.54, 1.807) is 12.3 Å². The third-order valence-corrected chi connectivity index (χ3v) is 3.49. The number of fused-ring (bicyclic) bond motifs is 1. The number of rotatable bonds is 2. The standard InChI is InChI=1S/C12H7ClN4OS/c13-12-17-16-11(19-12)10(18)15-8-5-1-3-7-4-2-6-14-9(7)8/h1-6H,(H,15,18). The highest BCUT2D eigenvalue weighted by Gasteiger charge is 2.13. The van der Waals surface area contributed by atoms with Gasteiger partial charge in [0, 0.05) is 11.6 Å². The highest BCUT2D eigenvalue weighted by Crippen LogP contribution is 2.22. The van der Waals surface area contributed by atoms with Crippen LogP contribution in [-0.4, -0.2) is 21.1 Å². The Morgan fingerprint density at radius 1 is 1.21 bits per heavy atom. The summed E-state index contributed by atoms with van der Waals surface area (Å²) in [5.74, 6) is -0.345. The zero-order valence-corrected chi connectivity index (χ0v) is 11.1. The van der Waals surface area contributed by atoms with Crippen LogP contribution in [0.2, 0.25) is 4.47 Å². The molecule has 0 saturated carbocycles. The van der Waals surface area contributed by atoms with Gasteiger partial charge in [0.1, 0.15) is 0 Å². The van der Waals surface area contributed by atoms with Crippen molar-refractivity contribution in [1.82, 2.24) is 15.2 Å². The molecule has 1 aromatic carbocycles. The molecule has 3 rings (SSSR count). The van der Waals surface area contributed by atoms with Gasteiger partial charge in [-0.25, -0.2) is 0 Å². The number of amides is 1. The lowest BCUT2D eigenvalue weighted by Crippen LogP contribution is -2.12. The number of halogens is 1. The second-order valence-electron chi connectivity index (χ2n) is 3.69. The van der Waals surface area contributed by atoms with Gasteiger partial charge in [-0.1, -0.05) is 29.5 Å². The molecule has 1 amide bonds. The van der Waals surface area contributed by atoms with Crippen LogP contribution in [0.1, 0.15) is 9.80 Å². The molecule has 0 atom stereocenters. The van der Waals surface area contributed by atoms with Gasteiger partial charge in [-0.3, -0.25) is 9.78 Å². The summed E-state index contributed by atoms with van der Waals surface area (Å²) < 4.78 is 0.237. The maximum atomic E-state index is 12.0. The molecule has 0 spiro atoms. The number of carbonyl (C=O) groups is 1. The van der Waals surface area contributed by atoms with Crippen LogP contribution < -0.4 is 5.32 Å². The Kier molecular flexibility index (Phi) is 3.10. The Balaban J connectivity index is 1.95. The summed E-state index contributed by atoms with van der Waals surface area (Å²) in [5.41, 5.74) is 1.36. The van der Waals surface area contributed by atoms with Crippen LogP contribution in [0, 0.1) is 0 Å². The summed E-state index contributed by atoms with van der Waals surface area (Å²) in [6.45, 7) is 0. The van der Waals surface area contributed by atoms with Crippen LogP contribution in [0.4, 0.5) is 5.69 Å². The molecule has 19 heavy (non-hydrogen) atoms. The first-order valence-corrected chi connectivity index (χ1v) is 6.57. The number of nitrogens with zero attached hydrogens (tertiary/aromatic N) is 3. The normalized spacial score (nSPS) is 10.6. The molecule has 0 bridgehead atoms. The number of para-hydroxylation sites is 1. The fraction of sp³-hybridized carbons (Fsp3) is 0. The summed E-state index contributed by atoms with van der Waals surface area (Å²) in [5, 5.41) is 11.2. The van der Waals surface area contributed by atoms with E-state index in [4.69, 9.17) is 11.6 Å². The van der Waals surface area contributed by atoms with Crippen LogP contribution in [0.5, 0.6) is 0 Å². The highest BCUT2D eigenvalue weighted by atomic mass is 35.5. The molecule has 0 saturated heterocycles. The number of anilines is 1. The molecular weight excluding hydrogens is 284 g/mol. The fourth-order valence-corrected chi connectivity index (χ4v) is 2.40. The molecule has 1 N–H and O–H groups in total. The van der Waals surface area contributed by atoms with E-state index in [1.165, 1.54) is 0 Å². The van der Waals surface area contributed by atoms with E-state index >= 15 is 0 Å². The van der Waals surface area contributed by atoms with Gasteiger partial charge in [0.2, 0.25) is 9.47 Å². The first kappa shape index (κ1) is 12.0. The zero-order valence-electron chi connectivity index (χ0n) is 9.50. The van der Waals surface area contributed by atoms with Crippen LogP contribution in [0.15, 0.2) is 36.5 Å². The number of carbonyl (C=O) groups excluding carboxylic acids is 1. The number of benzene rings is 1. The van der Waals surface area contributed by atoms with E-state index in [2.05, 4.69) is 20.5 Å². The van der Waals surface area contributed by atoms with Gasteiger partial charge in [0.05, 0.1) is 11.2 Å². The Bertz CT molecular complexity index is 753. The van der Waals surface area contributed by atoms with Gasteiger partial charge < -0.3 is 5.32 Å². The molecular formula is C12H7ClN4OS. The van der Waals surface area contributed by atoms with Crippen LogP contribution in [-0.2, 0) is 0 Å². The molecule has 0 aliphatic rings. The lowest BCUT2D eigenvalue weighted by molar-refractivity contribution is 0.102. The van der Waals surface area contributed by atoms with Crippen molar-refractivity contribution >= 4 is 45.4 Å². The maximum Gasteiger partial charge on any atom is 0.286 e. The fourth-order valence-electron chi connectivity index (χ4n) is 1.68.